The van der Waals surface area contributed by atoms with Gasteiger partial charge in [-0.25, -0.2) is 0 Å². The van der Waals surface area contributed by atoms with Gasteiger partial charge in [-0.05, 0) is 30.4 Å². The van der Waals surface area contributed by atoms with Crippen LogP contribution in [-0.4, -0.2) is 7.11 Å². The van der Waals surface area contributed by atoms with Gasteiger partial charge in [0.2, 0.25) is 0 Å². The van der Waals surface area contributed by atoms with Gasteiger partial charge in [0.05, 0.1) is 7.11 Å². The number of hydrogen-bond acceptors (Lipinski definition) is 2. The molecule has 13 heavy (non-hydrogen) atoms. The quantitative estimate of drug-likeness (QED) is 0.745. The van der Waals surface area contributed by atoms with E-state index in [2.05, 4.69) is 12.1 Å². The van der Waals surface area contributed by atoms with Crippen molar-refractivity contribution in [2.75, 3.05) is 7.11 Å². The summed E-state index contributed by atoms with van der Waals surface area (Å²) in [6.07, 6.45) is 3.59. The summed E-state index contributed by atoms with van der Waals surface area (Å²) in [6.45, 7) is 0.566. The van der Waals surface area contributed by atoms with Crippen molar-refractivity contribution in [3.05, 3.63) is 28.8 Å². The molecule has 2 heteroatoms. The minimum absolute atomic E-state index is 0.566. The zero-order chi connectivity index (χ0) is 9.26. The Morgan fingerprint density at radius 1 is 1.38 bits per heavy atom. The van der Waals surface area contributed by atoms with E-state index in [0.717, 1.165) is 17.7 Å². The Morgan fingerprint density at radius 2 is 2.23 bits per heavy atom. The molecule has 0 aromatic heterocycles. The van der Waals surface area contributed by atoms with Crippen LogP contribution in [0.2, 0.25) is 0 Å². The van der Waals surface area contributed by atoms with Gasteiger partial charge in [-0.1, -0.05) is 12.1 Å². The number of methoxy groups -OCH3 is 1. The molecule has 0 aliphatic heterocycles. The molecule has 0 unspecified atom stereocenters. The normalized spacial score (nSPS) is 14.3. The van der Waals surface area contributed by atoms with Crippen LogP contribution in [0.1, 0.15) is 23.1 Å². The number of aryl methyl sites for hydroxylation is 1. The van der Waals surface area contributed by atoms with Crippen LogP contribution in [0.25, 0.3) is 0 Å². The average Bonchev–Trinajstić information content (AvgIpc) is 2.63. The first kappa shape index (κ1) is 8.57. The van der Waals surface area contributed by atoms with Gasteiger partial charge >= 0.3 is 0 Å². The largest absolute Gasteiger partial charge is 0.496 e. The summed E-state index contributed by atoms with van der Waals surface area (Å²) < 4.78 is 5.40. The molecular weight excluding hydrogens is 162 g/mol. The van der Waals surface area contributed by atoms with Gasteiger partial charge in [0, 0.05) is 12.1 Å². The fraction of sp³-hybridized carbons (Fsp3) is 0.455. The Bertz CT molecular complexity index is 320. The van der Waals surface area contributed by atoms with E-state index in [1.807, 2.05) is 0 Å². The lowest BCUT2D eigenvalue weighted by atomic mass is 10.0. The van der Waals surface area contributed by atoms with Gasteiger partial charge in [0.15, 0.2) is 0 Å². The molecule has 0 fully saturated rings. The summed E-state index contributed by atoms with van der Waals surface area (Å²) in [6, 6.07) is 4.27. The molecular formula is C11H15NO. The van der Waals surface area contributed by atoms with Crippen molar-refractivity contribution < 1.29 is 4.74 Å². The highest BCUT2D eigenvalue weighted by atomic mass is 16.5. The Balaban J connectivity index is 2.53. The lowest BCUT2D eigenvalue weighted by molar-refractivity contribution is 0.405. The Hall–Kier alpha value is -1.02. The number of hydrogen-bond donors (Lipinski definition) is 1. The van der Waals surface area contributed by atoms with Crippen molar-refractivity contribution in [1.82, 2.24) is 0 Å². The minimum Gasteiger partial charge on any atom is -0.496 e. The van der Waals surface area contributed by atoms with Gasteiger partial charge < -0.3 is 10.5 Å². The minimum atomic E-state index is 0.566. The maximum Gasteiger partial charge on any atom is 0.126 e. The van der Waals surface area contributed by atoms with Crippen molar-refractivity contribution in [3.63, 3.8) is 0 Å². The smallest absolute Gasteiger partial charge is 0.126 e. The average molecular weight is 177 g/mol. The van der Waals surface area contributed by atoms with Crippen LogP contribution in [0, 0.1) is 0 Å². The molecule has 0 saturated carbocycles. The molecule has 0 radical (unpaired) electrons. The van der Waals surface area contributed by atoms with Crippen LogP contribution in [0.3, 0.4) is 0 Å². The molecule has 2 rings (SSSR count). The molecule has 1 aromatic rings. The lowest BCUT2D eigenvalue weighted by Gasteiger charge is -2.11. The van der Waals surface area contributed by atoms with Crippen molar-refractivity contribution in [1.29, 1.82) is 0 Å². The molecule has 1 aliphatic rings. The van der Waals surface area contributed by atoms with E-state index in [0.29, 0.717) is 6.54 Å². The third-order valence-corrected chi connectivity index (χ3v) is 2.74. The van der Waals surface area contributed by atoms with Crippen LogP contribution >= 0.6 is 0 Å². The van der Waals surface area contributed by atoms with Gasteiger partial charge in [0.1, 0.15) is 5.75 Å². The predicted octanol–water partition coefficient (Wildman–Crippen LogP) is 1.64. The van der Waals surface area contributed by atoms with Crippen molar-refractivity contribution in [3.8, 4) is 5.75 Å². The zero-order valence-electron chi connectivity index (χ0n) is 7.97. The van der Waals surface area contributed by atoms with Crippen LogP contribution in [0.5, 0.6) is 5.75 Å². The first-order valence-electron chi connectivity index (χ1n) is 4.74. The summed E-state index contributed by atoms with van der Waals surface area (Å²) >= 11 is 0. The van der Waals surface area contributed by atoms with E-state index in [1.54, 1.807) is 7.11 Å². The van der Waals surface area contributed by atoms with E-state index in [4.69, 9.17) is 10.5 Å². The Morgan fingerprint density at radius 3 is 2.92 bits per heavy atom. The monoisotopic (exact) mass is 177 g/mol. The highest BCUT2D eigenvalue weighted by Gasteiger charge is 2.17. The van der Waals surface area contributed by atoms with Crippen LogP contribution in [0.4, 0.5) is 0 Å². The molecule has 0 bridgehead atoms. The predicted molar refractivity (Wildman–Crippen MR) is 52.9 cm³/mol. The molecule has 1 aliphatic carbocycles. The van der Waals surface area contributed by atoms with Crippen LogP contribution in [-0.2, 0) is 19.4 Å². The van der Waals surface area contributed by atoms with Gasteiger partial charge in [-0.2, -0.15) is 0 Å². The van der Waals surface area contributed by atoms with Gasteiger partial charge in [-0.15, -0.1) is 0 Å². The molecule has 0 heterocycles. The number of rotatable bonds is 2. The Labute approximate surface area is 78.7 Å². The van der Waals surface area contributed by atoms with E-state index >= 15 is 0 Å². The second-order valence-corrected chi connectivity index (χ2v) is 3.45. The maximum atomic E-state index is 5.64. The van der Waals surface area contributed by atoms with Crippen molar-refractivity contribution in [2.45, 2.75) is 25.8 Å². The summed E-state index contributed by atoms with van der Waals surface area (Å²) in [4.78, 5) is 0. The molecule has 70 valence electrons. The maximum absolute atomic E-state index is 5.64. The fourth-order valence-corrected chi connectivity index (χ4v) is 2.10. The third kappa shape index (κ3) is 1.31. The summed E-state index contributed by atoms with van der Waals surface area (Å²) in [7, 11) is 1.73. The van der Waals surface area contributed by atoms with Crippen molar-refractivity contribution in [2.24, 2.45) is 5.73 Å². The van der Waals surface area contributed by atoms with Crippen LogP contribution < -0.4 is 10.5 Å². The van der Waals surface area contributed by atoms with E-state index in [1.165, 1.54) is 24.0 Å². The molecule has 2 nitrogen and oxygen atoms in total. The molecule has 0 amide bonds. The summed E-state index contributed by atoms with van der Waals surface area (Å²) in [5.74, 6) is 1.03. The fourth-order valence-electron chi connectivity index (χ4n) is 2.10. The van der Waals surface area contributed by atoms with Crippen molar-refractivity contribution >= 4 is 0 Å². The first-order valence-corrected chi connectivity index (χ1v) is 4.74. The highest BCUT2D eigenvalue weighted by Crippen LogP contribution is 2.33. The lowest BCUT2D eigenvalue weighted by Crippen LogP contribution is -2.02. The number of ether oxygens (including phenoxy) is 1. The molecule has 0 saturated heterocycles. The van der Waals surface area contributed by atoms with E-state index in [9.17, 15) is 0 Å². The summed E-state index contributed by atoms with van der Waals surface area (Å²) in [5, 5.41) is 0. The Kier molecular flexibility index (Phi) is 2.23. The first-order chi connectivity index (χ1) is 6.36. The second kappa shape index (κ2) is 3.38. The second-order valence-electron chi connectivity index (χ2n) is 3.45. The van der Waals surface area contributed by atoms with Crippen LogP contribution in [0.15, 0.2) is 12.1 Å². The molecule has 2 N–H and O–H groups in total. The molecule has 0 spiro atoms. The summed E-state index contributed by atoms with van der Waals surface area (Å²) in [5.41, 5.74) is 9.59. The number of fused-ring (bicyclic) bond motifs is 1. The third-order valence-electron chi connectivity index (χ3n) is 2.74. The number of benzene rings is 1. The zero-order valence-corrected chi connectivity index (χ0v) is 7.97. The van der Waals surface area contributed by atoms with Gasteiger partial charge in [-0.3, -0.25) is 0 Å². The molecule has 0 atom stereocenters. The standard InChI is InChI=1S/C11H15NO/c1-13-11-9(7-12)6-5-8-3-2-4-10(8)11/h5-6H,2-4,7,12H2,1H3. The molecule has 1 aromatic carbocycles. The highest BCUT2D eigenvalue weighted by molar-refractivity contribution is 5.48. The van der Waals surface area contributed by atoms with E-state index < -0.39 is 0 Å². The number of nitrogens with two attached hydrogens (primary N) is 1. The SMILES string of the molecule is COc1c(CN)ccc2c1CCC2. The van der Waals surface area contributed by atoms with E-state index in [-0.39, 0.29) is 0 Å². The topological polar surface area (TPSA) is 35.2 Å². The van der Waals surface area contributed by atoms with Gasteiger partial charge in [0.25, 0.3) is 0 Å².